The quantitative estimate of drug-likeness (QED) is 0.423. The van der Waals surface area contributed by atoms with Crippen molar-refractivity contribution in [2.75, 3.05) is 6.61 Å². The van der Waals surface area contributed by atoms with Gasteiger partial charge in [0, 0.05) is 12.5 Å². The highest BCUT2D eigenvalue weighted by atomic mass is 16.6. The molecule has 7 nitrogen and oxygen atoms in total. The van der Waals surface area contributed by atoms with E-state index in [0.29, 0.717) is 18.9 Å². The first-order chi connectivity index (χ1) is 17.8. The molecule has 4 rings (SSSR count). The summed E-state index contributed by atoms with van der Waals surface area (Å²) < 4.78 is 23.9. The number of hydrogen-bond acceptors (Lipinski definition) is 7. The molecule has 37 heavy (non-hydrogen) atoms. The molecular formula is C30H42O7. The van der Waals surface area contributed by atoms with Gasteiger partial charge in [-0.1, -0.05) is 61.1 Å². The third-order valence-electron chi connectivity index (χ3n) is 7.53. The second-order valence-electron chi connectivity index (χ2n) is 11.0. The summed E-state index contributed by atoms with van der Waals surface area (Å²) in [6.45, 7) is 8.95. The van der Waals surface area contributed by atoms with E-state index in [-0.39, 0.29) is 31.2 Å². The van der Waals surface area contributed by atoms with Crippen molar-refractivity contribution in [3.8, 4) is 0 Å². The average Bonchev–Trinajstić information content (AvgIpc) is 3.24. The Balaban J connectivity index is 1.49. The lowest BCUT2D eigenvalue weighted by Gasteiger charge is -2.28. The molecule has 0 unspecified atom stereocenters. The van der Waals surface area contributed by atoms with E-state index in [1.54, 1.807) is 6.08 Å². The maximum Gasteiger partial charge on any atom is 0.330 e. The molecule has 0 spiro atoms. The molecule has 0 aliphatic carbocycles. The normalized spacial score (nSPS) is 41.1. The number of carbonyl (C=O) groups is 1. The van der Waals surface area contributed by atoms with Crippen LogP contribution in [0.15, 0.2) is 60.3 Å². The summed E-state index contributed by atoms with van der Waals surface area (Å²) in [5, 5.41) is 21.7. The molecule has 1 saturated heterocycles. The smallest absolute Gasteiger partial charge is 0.330 e. The molecule has 0 saturated carbocycles. The molecule has 9 atom stereocenters. The van der Waals surface area contributed by atoms with Gasteiger partial charge in [0.1, 0.15) is 18.3 Å². The Morgan fingerprint density at radius 3 is 2.68 bits per heavy atom. The van der Waals surface area contributed by atoms with Gasteiger partial charge in [0.05, 0.1) is 37.1 Å². The molecular weight excluding hydrogens is 472 g/mol. The van der Waals surface area contributed by atoms with Crippen LogP contribution in [0.4, 0.5) is 0 Å². The zero-order chi connectivity index (χ0) is 26.4. The molecule has 0 aromatic heterocycles. The summed E-state index contributed by atoms with van der Waals surface area (Å²) in [6, 6.07) is 0. The van der Waals surface area contributed by atoms with E-state index in [1.807, 2.05) is 18.2 Å². The van der Waals surface area contributed by atoms with Crippen LogP contribution in [0.3, 0.4) is 0 Å². The largest absolute Gasteiger partial charge is 0.456 e. The van der Waals surface area contributed by atoms with Gasteiger partial charge >= 0.3 is 5.97 Å². The lowest BCUT2D eigenvalue weighted by Crippen LogP contribution is -2.37. The summed E-state index contributed by atoms with van der Waals surface area (Å²) in [5.41, 5.74) is 2.15. The van der Waals surface area contributed by atoms with Gasteiger partial charge in [-0.3, -0.25) is 0 Å². The Morgan fingerprint density at radius 1 is 1.03 bits per heavy atom. The van der Waals surface area contributed by atoms with Gasteiger partial charge in [0.2, 0.25) is 0 Å². The van der Waals surface area contributed by atoms with E-state index >= 15 is 0 Å². The van der Waals surface area contributed by atoms with E-state index < -0.39 is 36.5 Å². The Morgan fingerprint density at radius 2 is 1.86 bits per heavy atom. The average molecular weight is 515 g/mol. The Labute approximate surface area is 220 Å². The molecule has 7 heteroatoms. The van der Waals surface area contributed by atoms with Crippen LogP contribution in [0.25, 0.3) is 0 Å². The van der Waals surface area contributed by atoms with Gasteiger partial charge in [-0.2, -0.15) is 0 Å². The number of fused-ring (bicyclic) bond motifs is 4. The van der Waals surface area contributed by atoms with Crippen LogP contribution in [0.2, 0.25) is 0 Å². The fourth-order valence-electron chi connectivity index (χ4n) is 5.62. The third kappa shape index (κ3) is 8.23. The number of aliphatic hydroxyl groups is 2. The number of rotatable bonds is 2. The molecule has 0 aromatic carbocycles. The first-order valence-electron chi connectivity index (χ1n) is 13.6. The fraction of sp³-hybridized carbons (Fsp3) is 0.633. The van der Waals surface area contributed by atoms with Crippen molar-refractivity contribution in [1.29, 1.82) is 0 Å². The molecule has 0 aromatic rings. The second kappa shape index (κ2) is 13.2. The topological polar surface area (TPSA) is 94.5 Å². The van der Waals surface area contributed by atoms with E-state index in [9.17, 15) is 15.0 Å². The number of carbonyl (C=O) groups excluding carboxylic acids is 1. The van der Waals surface area contributed by atoms with Crippen molar-refractivity contribution < 1.29 is 34.0 Å². The predicted octanol–water partition coefficient (Wildman–Crippen LogP) is 4.11. The minimum atomic E-state index is -1.12. The molecule has 0 radical (unpaired) electrons. The highest BCUT2D eigenvalue weighted by Gasteiger charge is 2.42. The SMILES string of the molecule is C=C1C[C@H](C)C[C@@H]2CC=C[C@@H](C/C=C\C(=O)O[C@H]3C[C@@H](O[C@H]3/C=C/[C@@H]3CC(C)=CCO3)[C@@H](O)[C@@H](O)C1)O2. The molecule has 4 heterocycles. The molecule has 1 fully saturated rings. The summed E-state index contributed by atoms with van der Waals surface area (Å²) in [5.74, 6) is -0.129. The number of esters is 1. The molecule has 2 N–H and O–H groups in total. The van der Waals surface area contributed by atoms with E-state index in [0.717, 1.165) is 31.3 Å². The Kier molecular flexibility index (Phi) is 9.96. The van der Waals surface area contributed by atoms with Crippen LogP contribution < -0.4 is 0 Å². The Bertz CT molecular complexity index is 919. The fourth-order valence-corrected chi connectivity index (χ4v) is 5.62. The monoisotopic (exact) mass is 514 g/mol. The zero-order valence-corrected chi connectivity index (χ0v) is 22.0. The van der Waals surface area contributed by atoms with Crippen molar-refractivity contribution >= 4 is 5.97 Å². The van der Waals surface area contributed by atoms with Crippen LogP contribution >= 0.6 is 0 Å². The van der Waals surface area contributed by atoms with Crippen LogP contribution in [0.1, 0.15) is 58.8 Å². The molecule has 0 amide bonds. The minimum absolute atomic E-state index is 0.0723. The molecule has 4 aliphatic rings. The summed E-state index contributed by atoms with van der Waals surface area (Å²) in [7, 11) is 0. The van der Waals surface area contributed by atoms with Gasteiger partial charge in [0.25, 0.3) is 0 Å². The lowest BCUT2D eigenvalue weighted by molar-refractivity contribution is -0.144. The van der Waals surface area contributed by atoms with Crippen LogP contribution in [0.5, 0.6) is 0 Å². The van der Waals surface area contributed by atoms with Crippen molar-refractivity contribution in [2.45, 2.75) is 108 Å². The summed E-state index contributed by atoms with van der Waals surface area (Å²) >= 11 is 0. The minimum Gasteiger partial charge on any atom is -0.456 e. The van der Waals surface area contributed by atoms with Gasteiger partial charge in [-0.25, -0.2) is 4.79 Å². The van der Waals surface area contributed by atoms with Gasteiger partial charge < -0.3 is 29.2 Å². The molecule has 4 bridgehead atoms. The van der Waals surface area contributed by atoms with Crippen LogP contribution in [0, 0.1) is 5.92 Å². The maximum atomic E-state index is 12.7. The van der Waals surface area contributed by atoms with Crippen molar-refractivity contribution in [2.24, 2.45) is 5.92 Å². The molecule has 204 valence electrons. The first kappa shape index (κ1) is 28.0. The summed E-state index contributed by atoms with van der Waals surface area (Å²) in [6.07, 6.45) is 13.7. The lowest BCUT2D eigenvalue weighted by atomic mass is 9.90. The third-order valence-corrected chi connectivity index (χ3v) is 7.53. The highest BCUT2D eigenvalue weighted by molar-refractivity contribution is 5.82. The Hall–Kier alpha value is -2.03. The van der Waals surface area contributed by atoms with Gasteiger partial charge in [-0.05, 0) is 51.4 Å². The first-order valence-corrected chi connectivity index (χ1v) is 13.6. The molecule has 4 aliphatic heterocycles. The number of ether oxygens (including phenoxy) is 4. The number of aliphatic hydroxyl groups excluding tert-OH is 2. The summed E-state index contributed by atoms with van der Waals surface area (Å²) in [4.78, 5) is 12.7. The highest BCUT2D eigenvalue weighted by Crippen LogP contribution is 2.31. The second-order valence-corrected chi connectivity index (χ2v) is 11.0. The van der Waals surface area contributed by atoms with Crippen molar-refractivity contribution in [3.05, 3.63) is 60.3 Å². The van der Waals surface area contributed by atoms with Crippen LogP contribution in [-0.2, 0) is 23.7 Å². The van der Waals surface area contributed by atoms with Crippen molar-refractivity contribution in [3.63, 3.8) is 0 Å². The maximum absolute atomic E-state index is 12.7. The van der Waals surface area contributed by atoms with Gasteiger partial charge in [0.15, 0.2) is 0 Å². The predicted molar refractivity (Wildman–Crippen MR) is 141 cm³/mol. The van der Waals surface area contributed by atoms with Crippen LogP contribution in [-0.4, -0.2) is 71.6 Å². The van der Waals surface area contributed by atoms with E-state index in [1.165, 1.54) is 11.6 Å². The van der Waals surface area contributed by atoms with Crippen molar-refractivity contribution in [1.82, 2.24) is 0 Å². The van der Waals surface area contributed by atoms with Gasteiger partial charge in [-0.15, -0.1) is 0 Å². The van der Waals surface area contributed by atoms with E-state index in [4.69, 9.17) is 18.9 Å². The zero-order valence-electron chi connectivity index (χ0n) is 22.0. The standard InChI is InChI=1S/C30H42O7/c1-19-12-13-34-23(15-19)10-11-26-27-18-28(36-26)30(33)25(31)17-21(3)14-20(2)16-24-8-4-6-22(35-24)7-5-9-29(32)37-27/h4-6,9-12,20,22-28,30-31,33H,3,7-8,13-18H2,1-2H3/b9-5-,11-10+/t20-,22-,23+,24-,25-,26-,27-,28+,30-/m0/s1. The van der Waals surface area contributed by atoms with E-state index in [2.05, 4.69) is 32.6 Å². The number of hydrogen-bond donors (Lipinski definition) is 2.